The minimum absolute atomic E-state index is 0.264. The highest BCUT2D eigenvalue weighted by molar-refractivity contribution is 5.54. The van der Waals surface area contributed by atoms with Crippen molar-refractivity contribution in [2.75, 3.05) is 32.1 Å². The molecule has 0 radical (unpaired) electrons. The summed E-state index contributed by atoms with van der Waals surface area (Å²) < 4.78 is 19.3. The first-order chi connectivity index (χ1) is 18.8. The van der Waals surface area contributed by atoms with Crippen LogP contribution in [0.2, 0.25) is 0 Å². The highest BCUT2D eigenvalue weighted by atomic mass is 19.1. The highest BCUT2D eigenvalue weighted by Crippen LogP contribution is 2.23. The molecule has 0 aliphatic heterocycles. The number of rotatable bonds is 14. The quantitative estimate of drug-likeness (QED) is 0.247. The zero-order valence-electron chi connectivity index (χ0n) is 25.7. The first kappa shape index (κ1) is 38.2. The molecule has 39 heavy (non-hydrogen) atoms. The number of carbonyl (C=O) groups is 2. The molecule has 2 N–H and O–H groups in total. The van der Waals surface area contributed by atoms with E-state index in [0.717, 1.165) is 29.2 Å². The number of aryl methyl sites for hydroxylation is 1. The number of hydrogen-bond acceptors (Lipinski definition) is 5. The van der Waals surface area contributed by atoms with Gasteiger partial charge in [-0.1, -0.05) is 65.7 Å². The molecule has 0 aliphatic carbocycles. The number of anilines is 1. The van der Waals surface area contributed by atoms with Crippen LogP contribution < -0.4 is 20.3 Å². The van der Waals surface area contributed by atoms with Crippen molar-refractivity contribution in [3.05, 3.63) is 59.4 Å². The molecule has 7 heteroatoms. The van der Waals surface area contributed by atoms with Gasteiger partial charge in [0.2, 0.25) is 6.41 Å². The van der Waals surface area contributed by atoms with E-state index in [4.69, 9.17) is 9.53 Å². The molecule has 2 rings (SSSR count). The van der Waals surface area contributed by atoms with Gasteiger partial charge in [0.05, 0.1) is 12.8 Å². The predicted octanol–water partition coefficient (Wildman–Crippen LogP) is 7.08. The Bertz CT molecular complexity index is 841. The zero-order valence-corrected chi connectivity index (χ0v) is 25.7. The molecule has 0 fully saturated rings. The van der Waals surface area contributed by atoms with Crippen LogP contribution in [-0.2, 0) is 16.1 Å². The second kappa shape index (κ2) is 26.7. The number of aldehydes is 1. The molecule has 0 spiro atoms. The van der Waals surface area contributed by atoms with Crippen LogP contribution in [0.1, 0.15) is 84.3 Å². The van der Waals surface area contributed by atoms with Gasteiger partial charge >= 0.3 is 0 Å². The molecule has 222 valence electrons. The summed E-state index contributed by atoms with van der Waals surface area (Å²) in [4.78, 5) is 21.6. The first-order valence-corrected chi connectivity index (χ1v) is 14.2. The predicted molar refractivity (Wildman–Crippen MR) is 164 cm³/mol. The summed E-state index contributed by atoms with van der Waals surface area (Å²) in [6.07, 6.45) is 8.25. The van der Waals surface area contributed by atoms with Crippen LogP contribution in [0, 0.1) is 12.7 Å². The fraction of sp³-hybridized carbons (Fsp3) is 0.562. The second-order valence-electron chi connectivity index (χ2n) is 9.05. The molecule has 2 aromatic rings. The van der Waals surface area contributed by atoms with E-state index in [1.165, 1.54) is 44.7 Å². The number of carbonyl (C=O) groups excluding carboxylic acids is 2. The lowest BCUT2D eigenvalue weighted by atomic mass is 10.1. The van der Waals surface area contributed by atoms with Crippen LogP contribution in [0.25, 0.3) is 0 Å². The molecule has 0 saturated carbocycles. The molecular formula is C32H54FN3O3. The second-order valence-corrected chi connectivity index (χ2v) is 9.05. The van der Waals surface area contributed by atoms with E-state index >= 15 is 0 Å². The number of nitrogens with zero attached hydrogens (tertiary/aromatic N) is 1. The van der Waals surface area contributed by atoms with Crippen LogP contribution >= 0.6 is 0 Å². The van der Waals surface area contributed by atoms with Gasteiger partial charge in [0.1, 0.15) is 17.9 Å². The highest BCUT2D eigenvalue weighted by Gasteiger charge is 2.12. The van der Waals surface area contributed by atoms with Gasteiger partial charge in [0, 0.05) is 32.6 Å². The molecule has 0 saturated heterocycles. The molecule has 0 atom stereocenters. The smallest absolute Gasteiger partial charge is 0.206 e. The summed E-state index contributed by atoms with van der Waals surface area (Å²) in [5.74, 6) is 0.518. The number of ether oxygens (including phenoxy) is 1. The SMILES string of the molecule is CCCC.CCCNC(CC)CC.CNC=O.COc1ccc(CN(CCC=O)c2ccc(C)cc2F)cc1. The van der Waals surface area contributed by atoms with Gasteiger partial charge in [-0.2, -0.15) is 0 Å². The average molecular weight is 548 g/mol. The van der Waals surface area contributed by atoms with Gasteiger partial charge in [-0.15, -0.1) is 0 Å². The number of amides is 1. The van der Waals surface area contributed by atoms with Crippen LogP contribution in [0.3, 0.4) is 0 Å². The number of unbranched alkanes of at least 4 members (excludes halogenated alkanes) is 1. The van der Waals surface area contributed by atoms with Crippen molar-refractivity contribution >= 4 is 18.4 Å². The third kappa shape index (κ3) is 19.7. The summed E-state index contributed by atoms with van der Waals surface area (Å²) in [5, 5.41) is 5.72. The zero-order chi connectivity index (χ0) is 29.9. The topological polar surface area (TPSA) is 70.7 Å². The van der Waals surface area contributed by atoms with Crippen molar-refractivity contribution in [2.24, 2.45) is 0 Å². The lowest BCUT2D eigenvalue weighted by molar-refractivity contribution is -0.109. The van der Waals surface area contributed by atoms with Crippen molar-refractivity contribution in [3.8, 4) is 5.75 Å². The van der Waals surface area contributed by atoms with Crippen LogP contribution in [0.5, 0.6) is 5.75 Å². The largest absolute Gasteiger partial charge is 0.497 e. The Morgan fingerprint density at radius 2 is 1.54 bits per heavy atom. The summed E-state index contributed by atoms with van der Waals surface area (Å²) in [6, 6.07) is 13.5. The lowest BCUT2D eigenvalue weighted by Gasteiger charge is -2.25. The van der Waals surface area contributed by atoms with Crippen molar-refractivity contribution in [1.29, 1.82) is 0 Å². The Morgan fingerprint density at radius 1 is 0.949 bits per heavy atom. The van der Waals surface area contributed by atoms with E-state index in [0.29, 0.717) is 31.6 Å². The third-order valence-corrected chi connectivity index (χ3v) is 5.78. The number of benzene rings is 2. The van der Waals surface area contributed by atoms with Crippen LogP contribution in [0.4, 0.5) is 10.1 Å². The third-order valence-electron chi connectivity index (χ3n) is 5.78. The van der Waals surface area contributed by atoms with Crippen molar-refractivity contribution in [2.45, 2.75) is 92.7 Å². The van der Waals surface area contributed by atoms with E-state index in [2.05, 4.69) is 45.3 Å². The number of methoxy groups -OCH3 is 1. The fourth-order valence-electron chi connectivity index (χ4n) is 3.24. The fourth-order valence-corrected chi connectivity index (χ4v) is 3.24. The van der Waals surface area contributed by atoms with Crippen molar-refractivity contribution < 1.29 is 18.7 Å². The van der Waals surface area contributed by atoms with Gasteiger partial charge in [-0.25, -0.2) is 4.39 Å². The van der Waals surface area contributed by atoms with Gasteiger partial charge in [-0.3, -0.25) is 4.79 Å². The van der Waals surface area contributed by atoms with Crippen molar-refractivity contribution in [3.63, 3.8) is 0 Å². The maximum Gasteiger partial charge on any atom is 0.206 e. The maximum atomic E-state index is 14.2. The van der Waals surface area contributed by atoms with Crippen LogP contribution in [-0.4, -0.2) is 46.0 Å². The summed E-state index contributed by atoms with van der Waals surface area (Å²) in [6.45, 7) is 15.1. The van der Waals surface area contributed by atoms with Gasteiger partial charge in [-0.05, 0) is 68.1 Å². The minimum atomic E-state index is -0.264. The van der Waals surface area contributed by atoms with Crippen LogP contribution in [0.15, 0.2) is 42.5 Å². The molecule has 0 aromatic heterocycles. The molecule has 0 unspecified atom stereocenters. The Labute approximate surface area is 237 Å². The van der Waals surface area contributed by atoms with Gasteiger partial charge in [0.15, 0.2) is 0 Å². The summed E-state index contributed by atoms with van der Waals surface area (Å²) >= 11 is 0. The van der Waals surface area contributed by atoms with Crippen molar-refractivity contribution in [1.82, 2.24) is 10.6 Å². The number of halogens is 1. The van der Waals surface area contributed by atoms with E-state index in [1.807, 2.05) is 42.2 Å². The Balaban J connectivity index is 0. The summed E-state index contributed by atoms with van der Waals surface area (Å²) in [5.41, 5.74) is 2.43. The van der Waals surface area contributed by atoms with E-state index in [-0.39, 0.29) is 5.82 Å². The number of hydrogen-bond donors (Lipinski definition) is 2. The maximum absolute atomic E-state index is 14.2. The molecule has 2 aromatic carbocycles. The minimum Gasteiger partial charge on any atom is -0.497 e. The molecule has 6 nitrogen and oxygen atoms in total. The molecule has 0 bridgehead atoms. The Kier molecular flexibility index (Phi) is 26.1. The Hall–Kier alpha value is -2.93. The van der Waals surface area contributed by atoms with E-state index in [9.17, 15) is 9.18 Å². The standard InChI is InChI=1S/C18H20FNO2.C8H19N.C4H10.C2H5NO/c1-14-4-9-18(17(19)12-14)20(10-3-11-21)13-15-5-7-16(22-2)8-6-15;1-4-7-9-8(5-2)6-3;1-3-4-2;1-3-2-4/h4-9,11-12H,3,10,13H2,1-2H3;8-9H,4-7H2,1-3H3;3-4H2,1-2H3;2H,1H3,(H,3,4). The molecule has 1 amide bonds. The molecule has 0 heterocycles. The van der Waals surface area contributed by atoms with E-state index in [1.54, 1.807) is 20.2 Å². The molecular weight excluding hydrogens is 493 g/mol. The molecule has 0 aliphatic rings. The van der Waals surface area contributed by atoms with Gasteiger partial charge in [0.25, 0.3) is 0 Å². The number of nitrogens with one attached hydrogen (secondary N) is 2. The summed E-state index contributed by atoms with van der Waals surface area (Å²) in [7, 11) is 3.18. The first-order valence-electron chi connectivity index (χ1n) is 14.2. The Morgan fingerprint density at radius 3 is 1.95 bits per heavy atom. The van der Waals surface area contributed by atoms with E-state index < -0.39 is 0 Å². The normalized spacial score (nSPS) is 9.59. The lowest BCUT2D eigenvalue weighted by Crippen LogP contribution is -2.27. The average Bonchev–Trinajstić information content (AvgIpc) is 2.97. The monoisotopic (exact) mass is 547 g/mol. The van der Waals surface area contributed by atoms with Gasteiger partial charge < -0.3 is 25.1 Å².